The van der Waals surface area contributed by atoms with E-state index in [0.29, 0.717) is 18.5 Å². The largest absolute Gasteiger partial charge is 0.330 e. The lowest BCUT2D eigenvalue weighted by Gasteiger charge is -2.07. The van der Waals surface area contributed by atoms with Crippen LogP contribution in [0.15, 0.2) is 47.1 Å². The summed E-state index contributed by atoms with van der Waals surface area (Å²) < 4.78 is 0.847. The van der Waals surface area contributed by atoms with Crippen LogP contribution in [0.1, 0.15) is 16.1 Å². The summed E-state index contributed by atoms with van der Waals surface area (Å²) in [6.45, 7) is 0.516. The number of hydrogen-bond donors (Lipinski definition) is 2. The molecule has 0 spiro atoms. The van der Waals surface area contributed by atoms with Gasteiger partial charge in [0.25, 0.3) is 5.91 Å². The van der Waals surface area contributed by atoms with Crippen LogP contribution in [0.25, 0.3) is 0 Å². The summed E-state index contributed by atoms with van der Waals surface area (Å²) in [5, 5.41) is 2.85. The van der Waals surface area contributed by atoms with Gasteiger partial charge in [0.05, 0.1) is 5.69 Å². The minimum atomic E-state index is -0.160. The molecule has 4 nitrogen and oxygen atoms in total. The van der Waals surface area contributed by atoms with Crippen molar-refractivity contribution in [2.75, 3.05) is 11.9 Å². The Kier molecular flexibility index (Phi) is 4.65. The maximum Gasteiger partial charge on any atom is 0.255 e. The Morgan fingerprint density at radius 2 is 2.11 bits per heavy atom. The number of carbonyl (C=O) groups excluding carboxylic acids is 1. The molecule has 1 aromatic carbocycles. The molecule has 0 radical (unpaired) electrons. The Labute approximate surface area is 120 Å². The molecule has 1 heterocycles. The van der Waals surface area contributed by atoms with Gasteiger partial charge in [-0.25, -0.2) is 0 Å². The summed E-state index contributed by atoms with van der Waals surface area (Å²) in [6, 6.07) is 10.9. The minimum absolute atomic E-state index is 0.160. The molecule has 19 heavy (non-hydrogen) atoms. The fourth-order valence-corrected chi connectivity index (χ4v) is 2.04. The summed E-state index contributed by atoms with van der Waals surface area (Å²) in [7, 11) is 0. The monoisotopic (exact) mass is 319 g/mol. The van der Waals surface area contributed by atoms with Crippen molar-refractivity contribution in [2.24, 2.45) is 5.73 Å². The number of nitrogens with two attached hydrogens (primary N) is 1. The van der Waals surface area contributed by atoms with Gasteiger partial charge in [-0.15, -0.1) is 0 Å². The number of benzene rings is 1. The molecule has 3 N–H and O–H groups in total. The SMILES string of the molecule is NCCc1cc(C(=O)Nc2ccccc2Br)ccn1. The molecule has 2 aromatic rings. The molecule has 0 atom stereocenters. The predicted octanol–water partition coefficient (Wildman–Crippen LogP) is 2.60. The molecule has 0 aliphatic carbocycles. The second kappa shape index (κ2) is 6.45. The molecule has 0 fully saturated rings. The summed E-state index contributed by atoms with van der Waals surface area (Å²) in [5.41, 5.74) is 7.62. The molecule has 0 saturated carbocycles. The van der Waals surface area contributed by atoms with E-state index in [0.717, 1.165) is 15.9 Å². The normalized spacial score (nSPS) is 10.2. The van der Waals surface area contributed by atoms with Gasteiger partial charge in [-0.2, -0.15) is 0 Å². The number of hydrogen-bond acceptors (Lipinski definition) is 3. The third-order valence-corrected chi connectivity index (χ3v) is 3.29. The molecule has 0 aliphatic heterocycles. The van der Waals surface area contributed by atoms with E-state index in [2.05, 4.69) is 26.2 Å². The van der Waals surface area contributed by atoms with Crippen LogP contribution in [0.5, 0.6) is 0 Å². The number of pyridine rings is 1. The number of halogens is 1. The van der Waals surface area contributed by atoms with E-state index in [9.17, 15) is 4.79 Å². The van der Waals surface area contributed by atoms with Crippen molar-refractivity contribution in [3.63, 3.8) is 0 Å². The van der Waals surface area contributed by atoms with Gasteiger partial charge in [0.2, 0.25) is 0 Å². The van der Waals surface area contributed by atoms with Crippen LogP contribution in [0.2, 0.25) is 0 Å². The van der Waals surface area contributed by atoms with E-state index in [-0.39, 0.29) is 5.91 Å². The number of anilines is 1. The highest BCUT2D eigenvalue weighted by Gasteiger charge is 2.08. The lowest BCUT2D eigenvalue weighted by Crippen LogP contribution is -2.13. The maximum atomic E-state index is 12.1. The minimum Gasteiger partial charge on any atom is -0.330 e. The van der Waals surface area contributed by atoms with Crippen molar-refractivity contribution in [1.29, 1.82) is 0 Å². The van der Waals surface area contributed by atoms with Crippen LogP contribution >= 0.6 is 15.9 Å². The van der Waals surface area contributed by atoms with Gasteiger partial charge in [0.15, 0.2) is 0 Å². The van der Waals surface area contributed by atoms with Crippen molar-refractivity contribution in [3.8, 4) is 0 Å². The molecule has 0 saturated heterocycles. The molecular formula is C14H14BrN3O. The lowest BCUT2D eigenvalue weighted by atomic mass is 10.2. The second-order valence-corrected chi connectivity index (χ2v) is 4.86. The van der Waals surface area contributed by atoms with Crippen molar-refractivity contribution >= 4 is 27.5 Å². The highest BCUT2D eigenvalue weighted by atomic mass is 79.9. The highest BCUT2D eigenvalue weighted by Crippen LogP contribution is 2.21. The van der Waals surface area contributed by atoms with Gasteiger partial charge in [0.1, 0.15) is 0 Å². The van der Waals surface area contributed by atoms with E-state index >= 15 is 0 Å². The second-order valence-electron chi connectivity index (χ2n) is 4.01. The van der Waals surface area contributed by atoms with Gasteiger partial charge in [-0.1, -0.05) is 12.1 Å². The zero-order valence-corrected chi connectivity index (χ0v) is 11.9. The van der Waals surface area contributed by atoms with Crippen molar-refractivity contribution < 1.29 is 4.79 Å². The third kappa shape index (κ3) is 3.62. The van der Waals surface area contributed by atoms with Crippen LogP contribution in [-0.4, -0.2) is 17.4 Å². The van der Waals surface area contributed by atoms with Crippen LogP contribution in [-0.2, 0) is 6.42 Å². The van der Waals surface area contributed by atoms with Crippen molar-refractivity contribution in [3.05, 3.63) is 58.3 Å². The Morgan fingerprint density at radius 3 is 2.84 bits per heavy atom. The first kappa shape index (κ1) is 13.7. The third-order valence-electron chi connectivity index (χ3n) is 2.60. The summed E-state index contributed by atoms with van der Waals surface area (Å²) in [6.07, 6.45) is 2.29. The molecule has 0 aliphatic rings. The first-order valence-corrected chi connectivity index (χ1v) is 6.71. The van der Waals surface area contributed by atoms with Crippen molar-refractivity contribution in [1.82, 2.24) is 4.98 Å². The number of carbonyl (C=O) groups is 1. The molecule has 2 rings (SSSR count). The van der Waals surface area contributed by atoms with Gasteiger partial charge < -0.3 is 11.1 Å². The summed E-state index contributed by atoms with van der Waals surface area (Å²) in [5.74, 6) is -0.160. The Balaban J connectivity index is 2.16. The van der Waals surface area contributed by atoms with Gasteiger partial charge in [0, 0.05) is 28.3 Å². The fourth-order valence-electron chi connectivity index (χ4n) is 1.66. The number of para-hydroxylation sites is 1. The Hall–Kier alpha value is -1.72. The van der Waals surface area contributed by atoms with E-state index in [1.165, 1.54) is 0 Å². The van der Waals surface area contributed by atoms with E-state index < -0.39 is 0 Å². The Bertz CT molecular complexity index is 586. The molecule has 0 bridgehead atoms. The van der Waals surface area contributed by atoms with Crippen molar-refractivity contribution in [2.45, 2.75) is 6.42 Å². The molecule has 0 unspecified atom stereocenters. The summed E-state index contributed by atoms with van der Waals surface area (Å²) >= 11 is 3.39. The average molecular weight is 320 g/mol. The van der Waals surface area contributed by atoms with Gasteiger partial charge in [-0.05, 0) is 46.7 Å². The smallest absolute Gasteiger partial charge is 0.255 e. The van der Waals surface area contributed by atoms with E-state index in [1.54, 1.807) is 18.3 Å². The molecule has 5 heteroatoms. The highest BCUT2D eigenvalue weighted by molar-refractivity contribution is 9.10. The molecule has 1 amide bonds. The average Bonchev–Trinajstić information content (AvgIpc) is 2.42. The fraction of sp³-hybridized carbons (Fsp3) is 0.143. The van der Waals surface area contributed by atoms with Crippen LogP contribution in [0.3, 0.4) is 0 Å². The topological polar surface area (TPSA) is 68.0 Å². The summed E-state index contributed by atoms with van der Waals surface area (Å²) in [4.78, 5) is 16.3. The van der Waals surface area contributed by atoms with Crippen LogP contribution in [0, 0.1) is 0 Å². The van der Waals surface area contributed by atoms with E-state index in [1.807, 2.05) is 24.3 Å². The molecule has 1 aromatic heterocycles. The first-order valence-electron chi connectivity index (χ1n) is 5.91. The lowest BCUT2D eigenvalue weighted by molar-refractivity contribution is 0.102. The zero-order chi connectivity index (χ0) is 13.7. The molecule has 98 valence electrons. The zero-order valence-electron chi connectivity index (χ0n) is 10.3. The number of rotatable bonds is 4. The Morgan fingerprint density at radius 1 is 1.32 bits per heavy atom. The maximum absolute atomic E-state index is 12.1. The number of nitrogens with zero attached hydrogens (tertiary/aromatic N) is 1. The number of amides is 1. The van der Waals surface area contributed by atoms with Crippen LogP contribution < -0.4 is 11.1 Å². The molecular weight excluding hydrogens is 306 g/mol. The van der Waals surface area contributed by atoms with Crippen LogP contribution in [0.4, 0.5) is 5.69 Å². The van der Waals surface area contributed by atoms with E-state index in [4.69, 9.17) is 5.73 Å². The quantitative estimate of drug-likeness (QED) is 0.910. The predicted molar refractivity (Wildman–Crippen MR) is 79.1 cm³/mol. The standard InChI is InChI=1S/C14H14BrN3O/c15-12-3-1-2-4-13(12)18-14(19)10-6-8-17-11(9-10)5-7-16/h1-4,6,8-9H,5,7,16H2,(H,18,19). The first-order chi connectivity index (χ1) is 9.20. The van der Waals surface area contributed by atoms with Gasteiger partial charge >= 0.3 is 0 Å². The van der Waals surface area contributed by atoms with Gasteiger partial charge in [-0.3, -0.25) is 9.78 Å². The number of nitrogens with one attached hydrogen (secondary N) is 1. The number of aromatic nitrogens is 1.